The Morgan fingerprint density at radius 3 is 2.35 bits per heavy atom. The van der Waals surface area contributed by atoms with E-state index in [4.69, 9.17) is 0 Å². The van der Waals surface area contributed by atoms with Gasteiger partial charge in [-0.05, 0) is 24.1 Å². The number of hydrogen-bond donors (Lipinski definition) is 2. The molecule has 118 valence electrons. The van der Waals surface area contributed by atoms with Gasteiger partial charge in [0.2, 0.25) is 11.8 Å². The summed E-state index contributed by atoms with van der Waals surface area (Å²) in [4.78, 5) is 23.4. The molecule has 0 atom stereocenters. The Bertz CT molecular complexity index is 676. The van der Waals surface area contributed by atoms with Gasteiger partial charge in [0.1, 0.15) is 0 Å². The third-order valence-electron chi connectivity index (χ3n) is 3.26. The molecule has 0 unspecified atom stereocenters. The van der Waals surface area contributed by atoms with Crippen LogP contribution in [0.3, 0.4) is 0 Å². The predicted octanol–water partition coefficient (Wildman–Crippen LogP) is 2.44. The van der Waals surface area contributed by atoms with Crippen molar-refractivity contribution in [2.24, 2.45) is 0 Å². The first-order valence-corrected chi connectivity index (χ1v) is 7.47. The van der Waals surface area contributed by atoms with Crippen LogP contribution in [0.1, 0.15) is 16.7 Å². The summed E-state index contributed by atoms with van der Waals surface area (Å²) in [5, 5.41) is 5.33. The molecule has 0 heterocycles. The Labute approximate surface area is 136 Å². The maximum absolute atomic E-state index is 11.7. The van der Waals surface area contributed by atoms with Crippen molar-refractivity contribution >= 4 is 17.9 Å². The van der Waals surface area contributed by atoms with Gasteiger partial charge in [-0.3, -0.25) is 9.59 Å². The normalized spacial score (nSPS) is 10.5. The van der Waals surface area contributed by atoms with Gasteiger partial charge in [-0.15, -0.1) is 0 Å². The van der Waals surface area contributed by atoms with E-state index in [1.165, 1.54) is 11.6 Å². The molecule has 0 bridgehead atoms. The number of hydrogen-bond acceptors (Lipinski definition) is 2. The highest BCUT2D eigenvalue weighted by atomic mass is 16.2. The average molecular weight is 308 g/mol. The average Bonchev–Trinajstić information content (AvgIpc) is 2.58. The van der Waals surface area contributed by atoms with Crippen LogP contribution in [0, 0.1) is 6.92 Å². The minimum Gasteiger partial charge on any atom is -0.350 e. The Morgan fingerprint density at radius 2 is 1.65 bits per heavy atom. The van der Waals surface area contributed by atoms with Gasteiger partial charge in [0.15, 0.2) is 0 Å². The van der Waals surface area contributed by atoms with Crippen LogP contribution in [-0.4, -0.2) is 18.4 Å². The quantitative estimate of drug-likeness (QED) is 0.805. The van der Waals surface area contributed by atoms with Crippen LogP contribution in [0.2, 0.25) is 0 Å². The molecule has 4 nitrogen and oxygen atoms in total. The van der Waals surface area contributed by atoms with Gasteiger partial charge in [0, 0.05) is 12.6 Å². The van der Waals surface area contributed by atoms with Crippen molar-refractivity contribution in [3.05, 3.63) is 77.4 Å². The monoisotopic (exact) mass is 308 g/mol. The molecule has 23 heavy (non-hydrogen) atoms. The standard InChI is InChI=1S/C19H20N2O2/c1-15-7-9-17(10-8-15)13-20-19(23)14-21-18(22)12-11-16-5-3-2-4-6-16/h2-12H,13-14H2,1H3,(H,20,23)(H,21,22)/b12-11+. The minimum atomic E-state index is -0.292. The highest BCUT2D eigenvalue weighted by molar-refractivity contribution is 5.94. The number of carbonyl (C=O) groups is 2. The van der Waals surface area contributed by atoms with E-state index in [1.54, 1.807) is 6.08 Å². The molecule has 2 rings (SSSR count). The Balaban J connectivity index is 1.70. The van der Waals surface area contributed by atoms with Crippen LogP contribution in [0.25, 0.3) is 6.08 Å². The first-order valence-electron chi connectivity index (χ1n) is 7.47. The second kappa shape index (κ2) is 8.54. The Morgan fingerprint density at radius 1 is 0.957 bits per heavy atom. The molecule has 4 heteroatoms. The van der Waals surface area contributed by atoms with Gasteiger partial charge in [-0.2, -0.15) is 0 Å². The van der Waals surface area contributed by atoms with Gasteiger partial charge >= 0.3 is 0 Å². The van der Waals surface area contributed by atoms with Gasteiger partial charge in [-0.1, -0.05) is 60.2 Å². The first-order chi connectivity index (χ1) is 11.1. The number of amides is 2. The summed E-state index contributed by atoms with van der Waals surface area (Å²) >= 11 is 0. The van der Waals surface area contributed by atoms with Crippen LogP contribution in [0.15, 0.2) is 60.7 Å². The molecule has 0 spiro atoms. The zero-order valence-electron chi connectivity index (χ0n) is 13.1. The SMILES string of the molecule is Cc1ccc(CNC(=O)CNC(=O)/C=C/c2ccccc2)cc1. The summed E-state index contributed by atoms with van der Waals surface area (Å²) in [6.07, 6.45) is 3.13. The van der Waals surface area contributed by atoms with Crippen molar-refractivity contribution in [3.63, 3.8) is 0 Å². The topological polar surface area (TPSA) is 58.2 Å². The van der Waals surface area contributed by atoms with Crippen molar-refractivity contribution in [2.45, 2.75) is 13.5 Å². The lowest BCUT2D eigenvalue weighted by Gasteiger charge is -2.06. The molecular formula is C19H20N2O2. The lowest BCUT2D eigenvalue weighted by atomic mass is 10.1. The number of aryl methyl sites for hydroxylation is 1. The largest absolute Gasteiger partial charge is 0.350 e. The lowest BCUT2D eigenvalue weighted by molar-refractivity contribution is -0.124. The molecule has 2 aromatic carbocycles. The third-order valence-corrected chi connectivity index (χ3v) is 3.26. The van der Waals surface area contributed by atoms with E-state index in [0.29, 0.717) is 6.54 Å². The fraction of sp³-hybridized carbons (Fsp3) is 0.158. The van der Waals surface area contributed by atoms with Crippen LogP contribution in [0.4, 0.5) is 0 Å². The van der Waals surface area contributed by atoms with Crippen LogP contribution >= 0.6 is 0 Å². The molecule has 0 aromatic heterocycles. The molecule has 0 aliphatic carbocycles. The molecule has 0 fully saturated rings. The minimum absolute atomic E-state index is 0.0379. The van der Waals surface area contributed by atoms with E-state index in [1.807, 2.05) is 61.5 Å². The zero-order chi connectivity index (χ0) is 16.5. The van der Waals surface area contributed by atoms with E-state index in [2.05, 4.69) is 10.6 Å². The summed E-state index contributed by atoms with van der Waals surface area (Å²) in [5.74, 6) is -0.508. The van der Waals surface area contributed by atoms with Crippen LogP contribution in [-0.2, 0) is 16.1 Å². The maximum Gasteiger partial charge on any atom is 0.244 e. The van der Waals surface area contributed by atoms with Crippen molar-refractivity contribution in [1.29, 1.82) is 0 Å². The van der Waals surface area contributed by atoms with Gasteiger partial charge in [0.25, 0.3) is 0 Å². The second-order valence-electron chi connectivity index (χ2n) is 5.22. The zero-order valence-corrected chi connectivity index (χ0v) is 13.1. The fourth-order valence-electron chi connectivity index (χ4n) is 1.93. The van der Waals surface area contributed by atoms with Crippen molar-refractivity contribution in [3.8, 4) is 0 Å². The number of rotatable bonds is 6. The smallest absolute Gasteiger partial charge is 0.244 e. The molecule has 2 amide bonds. The van der Waals surface area contributed by atoms with Crippen molar-refractivity contribution in [1.82, 2.24) is 10.6 Å². The van der Waals surface area contributed by atoms with E-state index >= 15 is 0 Å². The van der Waals surface area contributed by atoms with Gasteiger partial charge in [-0.25, -0.2) is 0 Å². The van der Waals surface area contributed by atoms with Gasteiger partial charge in [0.05, 0.1) is 6.54 Å². The Kier molecular flexibility index (Phi) is 6.12. The highest BCUT2D eigenvalue weighted by Crippen LogP contribution is 2.02. The molecule has 0 aliphatic heterocycles. The number of nitrogens with one attached hydrogen (secondary N) is 2. The molecule has 0 saturated carbocycles. The van der Waals surface area contributed by atoms with E-state index in [-0.39, 0.29) is 18.4 Å². The van der Waals surface area contributed by atoms with E-state index in [9.17, 15) is 9.59 Å². The lowest BCUT2D eigenvalue weighted by Crippen LogP contribution is -2.35. The summed E-state index contributed by atoms with van der Waals surface area (Å²) in [6.45, 7) is 2.43. The van der Waals surface area contributed by atoms with E-state index in [0.717, 1.165) is 11.1 Å². The van der Waals surface area contributed by atoms with Crippen molar-refractivity contribution in [2.75, 3.05) is 6.54 Å². The number of benzene rings is 2. The van der Waals surface area contributed by atoms with E-state index < -0.39 is 0 Å². The molecular weight excluding hydrogens is 288 g/mol. The predicted molar refractivity (Wildman–Crippen MR) is 91.5 cm³/mol. The summed E-state index contributed by atoms with van der Waals surface area (Å²) in [6, 6.07) is 17.4. The molecule has 0 saturated heterocycles. The molecule has 2 aromatic rings. The molecule has 0 radical (unpaired) electrons. The van der Waals surface area contributed by atoms with Crippen molar-refractivity contribution < 1.29 is 9.59 Å². The summed E-state index contributed by atoms with van der Waals surface area (Å²) in [5.41, 5.74) is 3.14. The Hall–Kier alpha value is -2.88. The summed E-state index contributed by atoms with van der Waals surface area (Å²) < 4.78 is 0. The third kappa shape index (κ3) is 6.18. The first kappa shape index (κ1) is 16.5. The molecule has 2 N–H and O–H groups in total. The summed E-state index contributed by atoms with van der Waals surface area (Å²) in [7, 11) is 0. The second-order valence-corrected chi connectivity index (χ2v) is 5.22. The van der Waals surface area contributed by atoms with Gasteiger partial charge < -0.3 is 10.6 Å². The maximum atomic E-state index is 11.7. The highest BCUT2D eigenvalue weighted by Gasteiger charge is 2.03. The van der Waals surface area contributed by atoms with Crippen LogP contribution < -0.4 is 10.6 Å². The molecule has 0 aliphatic rings. The van der Waals surface area contributed by atoms with Crippen LogP contribution in [0.5, 0.6) is 0 Å². The number of carbonyl (C=O) groups excluding carboxylic acids is 2. The fourth-order valence-corrected chi connectivity index (χ4v) is 1.93.